The molecule has 0 fully saturated rings. The van der Waals surface area contributed by atoms with Crippen LogP contribution < -0.4 is 10.2 Å². The molecule has 0 aliphatic carbocycles. The normalized spacial score (nSPS) is 15.1. The fourth-order valence-corrected chi connectivity index (χ4v) is 3.82. The number of carbonyl (C=O) groups is 2. The molecule has 1 heterocycles. The van der Waals surface area contributed by atoms with E-state index >= 15 is 0 Å². The van der Waals surface area contributed by atoms with Gasteiger partial charge in [-0.05, 0) is 36.1 Å². The van der Waals surface area contributed by atoms with Gasteiger partial charge in [0.25, 0.3) is 0 Å². The number of nitrogens with zero attached hydrogens (tertiary/aromatic N) is 1. The third kappa shape index (κ3) is 4.90. The van der Waals surface area contributed by atoms with Crippen LogP contribution in [-0.2, 0) is 14.3 Å². The molecule has 0 aromatic heterocycles. The number of esters is 1. The van der Waals surface area contributed by atoms with Crippen LogP contribution in [0.3, 0.4) is 0 Å². The van der Waals surface area contributed by atoms with E-state index in [1.165, 1.54) is 16.0 Å². The molecule has 1 atom stereocenters. The van der Waals surface area contributed by atoms with Crippen LogP contribution in [0.25, 0.3) is 0 Å². The van der Waals surface area contributed by atoms with Crippen LogP contribution in [0.5, 0.6) is 0 Å². The first-order valence-corrected chi connectivity index (χ1v) is 10.5. The minimum Gasteiger partial charge on any atom is -0.465 e. The lowest BCUT2D eigenvalue weighted by Crippen LogP contribution is -2.37. The summed E-state index contributed by atoms with van der Waals surface area (Å²) in [5, 5.41) is 3.49. The molecule has 3 rings (SSSR count). The van der Waals surface area contributed by atoms with Gasteiger partial charge in [0.2, 0.25) is 5.91 Å². The highest BCUT2D eigenvalue weighted by Crippen LogP contribution is 2.38. The molecule has 30 heavy (non-hydrogen) atoms. The monoisotopic (exact) mass is 406 g/mol. The van der Waals surface area contributed by atoms with Crippen molar-refractivity contribution in [1.82, 2.24) is 0 Å². The molecule has 0 radical (unpaired) electrons. The highest BCUT2D eigenvalue weighted by molar-refractivity contribution is 5.99. The summed E-state index contributed by atoms with van der Waals surface area (Å²) in [5.41, 5.74) is 5.12. The summed E-state index contributed by atoms with van der Waals surface area (Å²) in [5.74, 6) is 0.0177. The Kier molecular flexibility index (Phi) is 6.93. The van der Waals surface area contributed by atoms with Gasteiger partial charge < -0.3 is 15.0 Å². The van der Waals surface area contributed by atoms with Gasteiger partial charge in [-0.3, -0.25) is 9.59 Å². The minimum atomic E-state index is -0.416. The maximum absolute atomic E-state index is 13.2. The number of para-hydroxylation sites is 2. The number of rotatable bonds is 7. The number of anilines is 2. The van der Waals surface area contributed by atoms with Crippen LogP contribution in [0.2, 0.25) is 0 Å². The molecule has 2 aromatic rings. The predicted octanol–water partition coefficient (Wildman–Crippen LogP) is 5.21. The summed E-state index contributed by atoms with van der Waals surface area (Å²) in [6.07, 6.45) is 2.28. The molecule has 5 heteroatoms. The van der Waals surface area contributed by atoms with E-state index in [4.69, 9.17) is 4.74 Å². The maximum atomic E-state index is 13.2. The van der Waals surface area contributed by atoms with E-state index in [0.29, 0.717) is 11.6 Å². The fourth-order valence-electron chi connectivity index (χ4n) is 3.82. The van der Waals surface area contributed by atoms with Crippen LogP contribution in [0.4, 0.5) is 11.4 Å². The van der Waals surface area contributed by atoms with Crippen molar-refractivity contribution >= 4 is 23.3 Å². The van der Waals surface area contributed by atoms with Gasteiger partial charge >= 0.3 is 5.97 Å². The largest absolute Gasteiger partial charge is 0.465 e. The first-order valence-electron chi connectivity index (χ1n) is 10.5. The van der Waals surface area contributed by atoms with E-state index in [9.17, 15) is 9.59 Å². The van der Waals surface area contributed by atoms with E-state index in [0.717, 1.165) is 11.4 Å². The zero-order chi connectivity index (χ0) is 21.7. The van der Waals surface area contributed by atoms with Crippen LogP contribution >= 0.6 is 0 Å². The van der Waals surface area contributed by atoms with Gasteiger partial charge in [0, 0.05) is 23.0 Å². The molecule has 158 valence electrons. The van der Waals surface area contributed by atoms with Crippen molar-refractivity contribution in [2.75, 3.05) is 23.4 Å². The van der Waals surface area contributed by atoms with E-state index < -0.39 is 5.97 Å². The van der Waals surface area contributed by atoms with Crippen LogP contribution in [0.1, 0.15) is 57.1 Å². The third-order valence-electron chi connectivity index (χ3n) is 5.28. The van der Waals surface area contributed by atoms with E-state index in [2.05, 4.69) is 50.4 Å². The Balaban J connectivity index is 1.83. The van der Waals surface area contributed by atoms with Gasteiger partial charge in [-0.1, -0.05) is 63.2 Å². The highest BCUT2D eigenvalue weighted by atomic mass is 16.5. The lowest BCUT2D eigenvalue weighted by atomic mass is 9.88. The van der Waals surface area contributed by atoms with Crippen LogP contribution in [-0.4, -0.2) is 25.0 Å². The molecule has 2 aromatic carbocycles. The number of fused-ring (bicyclic) bond motifs is 1. The van der Waals surface area contributed by atoms with Gasteiger partial charge in [-0.25, -0.2) is 0 Å². The Morgan fingerprint density at radius 2 is 1.83 bits per heavy atom. The molecule has 0 saturated heterocycles. The number of hydrogen-bond donors (Lipinski definition) is 1. The molecular weight excluding hydrogens is 376 g/mol. The summed E-state index contributed by atoms with van der Waals surface area (Å²) >= 11 is 0. The SMILES string of the molecule is CCOC(=O)CN(C(=O)CC1=CC(C)c2cccc(C(C)C)c2N1)c1ccccc1. The molecule has 0 bridgehead atoms. The van der Waals surface area contributed by atoms with E-state index in [1.807, 2.05) is 30.3 Å². The second-order valence-corrected chi connectivity index (χ2v) is 7.87. The number of ether oxygens (including phenoxy) is 1. The number of carbonyl (C=O) groups excluding carboxylic acids is 2. The molecule has 1 N–H and O–H groups in total. The van der Waals surface area contributed by atoms with Gasteiger partial charge in [-0.2, -0.15) is 0 Å². The van der Waals surface area contributed by atoms with Crippen molar-refractivity contribution in [3.8, 4) is 0 Å². The molecule has 1 unspecified atom stereocenters. The molecule has 5 nitrogen and oxygen atoms in total. The van der Waals surface area contributed by atoms with Crippen molar-refractivity contribution in [3.63, 3.8) is 0 Å². The molecule has 0 saturated carbocycles. The fraction of sp³-hybridized carbons (Fsp3) is 0.360. The number of amides is 1. The van der Waals surface area contributed by atoms with Gasteiger partial charge in [0.05, 0.1) is 13.0 Å². The van der Waals surface area contributed by atoms with Crippen molar-refractivity contribution in [3.05, 3.63) is 71.4 Å². The molecular formula is C25H30N2O3. The van der Waals surface area contributed by atoms with Crippen molar-refractivity contribution in [2.24, 2.45) is 0 Å². The maximum Gasteiger partial charge on any atom is 0.326 e. The third-order valence-corrected chi connectivity index (χ3v) is 5.28. The average Bonchev–Trinajstić information content (AvgIpc) is 2.72. The summed E-state index contributed by atoms with van der Waals surface area (Å²) < 4.78 is 5.08. The van der Waals surface area contributed by atoms with Gasteiger partial charge in [-0.15, -0.1) is 0 Å². The first kappa shape index (κ1) is 21.6. The molecule has 1 amide bonds. The number of benzene rings is 2. The first-order chi connectivity index (χ1) is 14.4. The Morgan fingerprint density at radius 1 is 1.10 bits per heavy atom. The standard InChI is InChI=1S/C25H30N2O3/c1-5-30-24(29)16-27(20-10-7-6-8-11-20)23(28)15-19-14-18(4)22-13-9-12-21(17(2)3)25(22)26-19/h6-14,17-18,26H,5,15-16H2,1-4H3. The smallest absolute Gasteiger partial charge is 0.326 e. The number of allylic oxidation sites excluding steroid dienone is 1. The van der Waals surface area contributed by atoms with Crippen molar-refractivity contribution < 1.29 is 14.3 Å². The Bertz CT molecular complexity index is 935. The van der Waals surface area contributed by atoms with Gasteiger partial charge in [0.1, 0.15) is 6.54 Å². The zero-order valence-corrected chi connectivity index (χ0v) is 18.1. The summed E-state index contributed by atoms with van der Waals surface area (Å²) in [6, 6.07) is 15.6. The van der Waals surface area contributed by atoms with Gasteiger partial charge in [0.15, 0.2) is 0 Å². The van der Waals surface area contributed by atoms with Crippen LogP contribution in [0, 0.1) is 0 Å². The van der Waals surface area contributed by atoms with Crippen molar-refractivity contribution in [2.45, 2.75) is 46.0 Å². The highest BCUT2D eigenvalue weighted by Gasteiger charge is 2.25. The number of nitrogens with one attached hydrogen (secondary N) is 1. The molecule has 1 aliphatic heterocycles. The van der Waals surface area contributed by atoms with E-state index in [-0.39, 0.29) is 31.4 Å². The van der Waals surface area contributed by atoms with Crippen molar-refractivity contribution in [1.29, 1.82) is 0 Å². The lowest BCUT2D eigenvalue weighted by molar-refractivity contribution is -0.142. The summed E-state index contributed by atoms with van der Waals surface area (Å²) in [4.78, 5) is 26.8. The van der Waals surface area contributed by atoms with E-state index in [1.54, 1.807) is 6.92 Å². The predicted molar refractivity (Wildman–Crippen MR) is 121 cm³/mol. The minimum absolute atomic E-state index is 0.104. The Labute approximate surface area is 178 Å². The topological polar surface area (TPSA) is 58.6 Å². The Morgan fingerprint density at radius 3 is 2.50 bits per heavy atom. The lowest BCUT2D eigenvalue weighted by Gasteiger charge is -2.29. The Hall–Kier alpha value is -3.08. The van der Waals surface area contributed by atoms with Crippen LogP contribution in [0.15, 0.2) is 60.3 Å². The quantitative estimate of drug-likeness (QED) is 0.641. The summed E-state index contributed by atoms with van der Waals surface area (Å²) in [6.45, 7) is 8.42. The summed E-state index contributed by atoms with van der Waals surface area (Å²) in [7, 11) is 0. The molecule has 1 aliphatic rings. The second kappa shape index (κ2) is 9.61. The molecule has 0 spiro atoms. The second-order valence-electron chi connectivity index (χ2n) is 7.87. The zero-order valence-electron chi connectivity index (χ0n) is 18.1. The number of hydrogen-bond acceptors (Lipinski definition) is 4. The average molecular weight is 407 g/mol.